The van der Waals surface area contributed by atoms with Crippen LogP contribution < -0.4 is 10.3 Å². The average Bonchev–Trinajstić information content (AvgIpc) is 2.46. The van der Waals surface area contributed by atoms with Crippen LogP contribution in [0.3, 0.4) is 0 Å². The van der Waals surface area contributed by atoms with Crippen molar-refractivity contribution in [3.05, 3.63) is 64.0 Å². The van der Waals surface area contributed by atoms with Gasteiger partial charge in [-0.3, -0.25) is 9.59 Å². The van der Waals surface area contributed by atoms with Crippen molar-refractivity contribution in [1.82, 2.24) is 9.29 Å². The summed E-state index contributed by atoms with van der Waals surface area (Å²) < 4.78 is 27.3. The van der Waals surface area contributed by atoms with Gasteiger partial charge in [0.15, 0.2) is 0 Å². The number of benzene rings is 1. The van der Waals surface area contributed by atoms with E-state index >= 15 is 0 Å². The Bertz CT molecular complexity index is 846. The molecule has 2 aromatic rings. The predicted octanol–water partition coefficient (Wildman–Crippen LogP) is 1.40. The first-order valence-corrected chi connectivity index (χ1v) is 8.21. The van der Waals surface area contributed by atoms with E-state index in [1.54, 1.807) is 12.1 Å². The number of halogens is 1. The van der Waals surface area contributed by atoms with Crippen LogP contribution in [-0.2, 0) is 21.4 Å². The van der Waals surface area contributed by atoms with Gasteiger partial charge in [0.1, 0.15) is 0 Å². The first kappa shape index (κ1) is 16.3. The van der Waals surface area contributed by atoms with E-state index in [9.17, 15) is 18.0 Å². The molecule has 0 aliphatic heterocycles. The lowest BCUT2D eigenvalue weighted by atomic mass is 10.4. The zero-order chi connectivity index (χ0) is 16.2. The molecule has 1 heterocycles. The standard InChI is InChI=1S/C14H13ClN2O4S/c15-11-4-3-5-12(10-11)22(20,21)16-13(18)7-9-17-8-2-1-6-14(17)19/h1-6,8,10H,7,9H2,(H,16,18). The Kier molecular flexibility index (Phi) is 4.99. The fourth-order valence-corrected chi connectivity index (χ4v) is 3.08. The molecule has 0 radical (unpaired) electrons. The predicted molar refractivity (Wildman–Crippen MR) is 82.1 cm³/mol. The molecule has 1 N–H and O–H groups in total. The lowest BCUT2D eigenvalue weighted by molar-refractivity contribution is -0.119. The van der Waals surface area contributed by atoms with Gasteiger partial charge < -0.3 is 4.57 Å². The minimum absolute atomic E-state index is 0.0924. The molecule has 0 fully saturated rings. The number of aromatic nitrogens is 1. The Labute approximate surface area is 132 Å². The third-order valence-corrected chi connectivity index (χ3v) is 4.44. The molecule has 116 valence electrons. The smallest absolute Gasteiger partial charge is 0.264 e. The molecule has 0 bridgehead atoms. The van der Waals surface area contributed by atoms with Crippen molar-refractivity contribution in [1.29, 1.82) is 0 Å². The maximum absolute atomic E-state index is 12.0. The Hall–Kier alpha value is -2.12. The van der Waals surface area contributed by atoms with Crippen LogP contribution in [0.4, 0.5) is 0 Å². The molecule has 1 amide bonds. The molecule has 1 aromatic carbocycles. The molecule has 8 heteroatoms. The van der Waals surface area contributed by atoms with Gasteiger partial charge in [-0.2, -0.15) is 0 Å². The second-order valence-electron chi connectivity index (χ2n) is 4.47. The summed E-state index contributed by atoms with van der Waals surface area (Å²) >= 11 is 5.73. The highest BCUT2D eigenvalue weighted by Crippen LogP contribution is 2.15. The van der Waals surface area contributed by atoms with E-state index in [1.165, 1.54) is 41.1 Å². The third kappa shape index (κ3) is 4.19. The minimum Gasteiger partial charge on any atom is -0.315 e. The zero-order valence-electron chi connectivity index (χ0n) is 11.4. The molecule has 0 saturated heterocycles. The molecule has 6 nitrogen and oxygen atoms in total. The van der Waals surface area contributed by atoms with Gasteiger partial charge >= 0.3 is 0 Å². The molecule has 0 unspecified atom stereocenters. The molecule has 2 rings (SSSR count). The van der Waals surface area contributed by atoms with E-state index in [4.69, 9.17) is 11.6 Å². The van der Waals surface area contributed by atoms with Crippen molar-refractivity contribution in [3.63, 3.8) is 0 Å². The van der Waals surface area contributed by atoms with Crippen molar-refractivity contribution in [2.45, 2.75) is 17.9 Å². The normalized spacial score (nSPS) is 11.1. The highest BCUT2D eigenvalue weighted by molar-refractivity contribution is 7.90. The number of rotatable bonds is 5. The van der Waals surface area contributed by atoms with E-state index in [2.05, 4.69) is 0 Å². The minimum atomic E-state index is -3.97. The molecule has 1 aromatic heterocycles. The monoisotopic (exact) mass is 340 g/mol. The van der Waals surface area contributed by atoms with E-state index in [1.807, 2.05) is 4.72 Å². The maximum atomic E-state index is 12.0. The highest BCUT2D eigenvalue weighted by Gasteiger charge is 2.17. The molecular weight excluding hydrogens is 328 g/mol. The molecule has 0 aliphatic carbocycles. The molecule has 0 saturated carbocycles. The highest BCUT2D eigenvalue weighted by atomic mass is 35.5. The SMILES string of the molecule is O=C(CCn1ccccc1=O)NS(=O)(=O)c1cccc(Cl)c1. The van der Waals surface area contributed by atoms with Crippen molar-refractivity contribution in [2.24, 2.45) is 0 Å². The number of amides is 1. The first-order chi connectivity index (χ1) is 10.4. The number of hydrogen-bond donors (Lipinski definition) is 1. The summed E-state index contributed by atoms with van der Waals surface area (Å²) in [5.41, 5.74) is -0.256. The van der Waals surface area contributed by atoms with Crippen LogP contribution in [0.15, 0.2) is 58.4 Å². The molecule has 0 atom stereocenters. The molecular formula is C14H13ClN2O4S. The third-order valence-electron chi connectivity index (χ3n) is 2.83. The van der Waals surface area contributed by atoms with E-state index in [0.29, 0.717) is 0 Å². The summed E-state index contributed by atoms with van der Waals surface area (Å²) in [5.74, 6) is -0.698. The summed E-state index contributed by atoms with van der Waals surface area (Å²) in [6, 6.07) is 10.2. The lowest BCUT2D eigenvalue weighted by Gasteiger charge is -2.08. The summed E-state index contributed by atoms with van der Waals surface area (Å²) in [6.07, 6.45) is 1.39. The van der Waals surface area contributed by atoms with Crippen LogP contribution in [0.1, 0.15) is 6.42 Å². The summed E-state index contributed by atoms with van der Waals surface area (Å²) in [6.45, 7) is 0.0938. The fraction of sp³-hybridized carbons (Fsp3) is 0.143. The number of pyridine rings is 1. The van der Waals surface area contributed by atoms with Gasteiger partial charge in [-0.25, -0.2) is 13.1 Å². The lowest BCUT2D eigenvalue weighted by Crippen LogP contribution is -2.32. The second kappa shape index (κ2) is 6.76. The zero-order valence-corrected chi connectivity index (χ0v) is 13.0. The number of sulfonamides is 1. The van der Waals surface area contributed by atoms with E-state index < -0.39 is 15.9 Å². The van der Waals surface area contributed by atoms with E-state index in [0.717, 1.165) is 0 Å². The Morgan fingerprint density at radius 3 is 2.64 bits per heavy atom. The summed E-state index contributed by atoms with van der Waals surface area (Å²) in [4.78, 5) is 23.1. The number of carbonyl (C=O) groups excluding carboxylic acids is 1. The van der Waals surface area contributed by atoms with Gasteiger partial charge in [-0.1, -0.05) is 23.7 Å². The van der Waals surface area contributed by atoms with Crippen LogP contribution in [0.5, 0.6) is 0 Å². The largest absolute Gasteiger partial charge is 0.315 e. The molecule has 0 spiro atoms. The van der Waals surface area contributed by atoms with Crippen molar-refractivity contribution in [3.8, 4) is 0 Å². The van der Waals surface area contributed by atoms with Crippen molar-refractivity contribution in [2.75, 3.05) is 0 Å². The summed E-state index contributed by atoms with van der Waals surface area (Å²) in [5, 5.41) is 0.256. The van der Waals surface area contributed by atoms with Crippen LogP contribution >= 0.6 is 11.6 Å². The second-order valence-corrected chi connectivity index (χ2v) is 6.59. The van der Waals surface area contributed by atoms with Crippen LogP contribution in [0, 0.1) is 0 Å². The topological polar surface area (TPSA) is 85.2 Å². The van der Waals surface area contributed by atoms with Gasteiger partial charge in [0, 0.05) is 30.3 Å². The van der Waals surface area contributed by atoms with Gasteiger partial charge in [0.25, 0.3) is 15.6 Å². The average molecular weight is 341 g/mol. The van der Waals surface area contributed by atoms with Gasteiger partial charge in [0.2, 0.25) is 5.91 Å². The van der Waals surface area contributed by atoms with E-state index in [-0.39, 0.29) is 28.4 Å². The van der Waals surface area contributed by atoms with Crippen LogP contribution in [0.2, 0.25) is 5.02 Å². The molecule has 0 aliphatic rings. The van der Waals surface area contributed by atoms with Crippen molar-refractivity contribution < 1.29 is 13.2 Å². The number of carbonyl (C=O) groups is 1. The fourth-order valence-electron chi connectivity index (χ4n) is 1.76. The maximum Gasteiger partial charge on any atom is 0.264 e. The Morgan fingerprint density at radius 2 is 1.95 bits per heavy atom. The number of nitrogens with zero attached hydrogens (tertiary/aromatic N) is 1. The van der Waals surface area contributed by atoms with Gasteiger partial charge in [-0.05, 0) is 24.3 Å². The van der Waals surface area contributed by atoms with Crippen molar-refractivity contribution >= 4 is 27.5 Å². The summed E-state index contributed by atoms with van der Waals surface area (Å²) in [7, 11) is -3.97. The number of aryl methyl sites for hydroxylation is 1. The first-order valence-electron chi connectivity index (χ1n) is 6.35. The van der Waals surface area contributed by atoms with Gasteiger partial charge in [-0.15, -0.1) is 0 Å². The molecule has 22 heavy (non-hydrogen) atoms. The quantitative estimate of drug-likeness (QED) is 0.891. The van der Waals surface area contributed by atoms with Crippen LogP contribution in [0.25, 0.3) is 0 Å². The van der Waals surface area contributed by atoms with Gasteiger partial charge in [0.05, 0.1) is 4.90 Å². The number of hydrogen-bond acceptors (Lipinski definition) is 4. The Balaban J connectivity index is 2.03. The Morgan fingerprint density at radius 1 is 1.18 bits per heavy atom. The number of nitrogens with one attached hydrogen (secondary N) is 1. The van der Waals surface area contributed by atoms with Crippen LogP contribution in [-0.4, -0.2) is 18.9 Å².